The third-order valence-corrected chi connectivity index (χ3v) is 3.89. The Hall–Kier alpha value is -1.16. The van der Waals surface area contributed by atoms with Crippen LogP contribution in [0.2, 0.25) is 10.2 Å². The fourth-order valence-corrected chi connectivity index (χ4v) is 2.98. The van der Waals surface area contributed by atoms with E-state index in [9.17, 15) is 0 Å². The Bertz CT molecular complexity index is 723. The first-order valence-corrected chi connectivity index (χ1v) is 7.01. The summed E-state index contributed by atoms with van der Waals surface area (Å²) in [7, 11) is 0. The molecule has 1 aromatic carbocycles. The lowest BCUT2D eigenvalue weighted by Gasteiger charge is -2.06. The molecule has 5 heteroatoms. The van der Waals surface area contributed by atoms with E-state index in [1.807, 2.05) is 35.9 Å². The van der Waals surface area contributed by atoms with Crippen molar-refractivity contribution in [2.75, 3.05) is 0 Å². The maximum absolute atomic E-state index is 6.22. The van der Waals surface area contributed by atoms with Crippen molar-refractivity contribution >= 4 is 45.4 Å². The van der Waals surface area contributed by atoms with Crippen LogP contribution in [0.3, 0.4) is 0 Å². The summed E-state index contributed by atoms with van der Waals surface area (Å²) in [5.41, 5.74) is 2.70. The fourth-order valence-electron chi connectivity index (χ4n) is 1.81. The first-order chi connectivity index (χ1) is 8.65. The number of thiophene rings is 1. The second-order valence-corrected chi connectivity index (χ2v) is 5.54. The molecule has 0 fully saturated rings. The highest BCUT2D eigenvalue weighted by Gasteiger charge is 2.11. The molecule has 0 unspecified atom stereocenters. The Balaban J connectivity index is 2.34. The van der Waals surface area contributed by atoms with Crippen LogP contribution in [0.5, 0.6) is 0 Å². The van der Waals surface area contributed by atoms with Gasteiger partial charge in [-0.3, -0.25) is 0 Å². The maximum Gasteiger partial charge on any atom is 0.162 e. The summed E-state index contributed by atoms with van der Waals surface area (Å²) in [4.78, 5) is 8.83. The van der Waals surface area contributed by atoms with Crippen LogP contribution in [-0.2, 0) is 0 Å². The highest BCUT2D eigenvalue weighted by molar-refractivity contribution is 7.08. The summed E-state index contributed by atoms with van der Waals surface area (Å²) < 4.78 is 0. The van der Waals surface area contributed by atoms with E-state index in [2.05, 4.69) is 9.97 Å². The Labute approximate surface area is 118 Å². The van der Waals surface area contributed by atoms with Crippen molar-refractivity contribution in [1.29, 1.82) is 0 Å². The lowest BCUT2D eigenvalue weighted by atomic mass is 10.1. The molecule has 0 N–H and O–H groups in total. The van der Waals surface area contributed by atoms with Gasteiger partial charge in [0.25, 0.3) is 0 Å². The SMILES string of the molecule is Cc1cc(Cl)c2nc(-c3ccsc3)nc(Cl)c2c1. The smallest absolute Gasteiger partial charge is 0.162 e. The van der Waals surface area contributed by atoms with E-state index < -0.39 is 0 Å². The molecule has 0 aliphatic rings. The van der Waals surface area contributed by atoms with Gasteiger partial charge in [-0.05, 0) is 36.1 Å². The summed E-state index contributed by atoms with van der Waals surface area (Å²) >= 11 is 14.0. The molecule has 0 atom stereocenters. The summed E-state index contributed by atoms with van der Waals surface area (Å²) in [6.07, 6.45) is 0. The second-order valence-electron chi connectivity index (χ2n) is 3.99. The van der Waals surface area contributed by atoms with E-state index in [1.165, 1.54) is 0 Å². The van der Waals surface area contributed by atoms with Gasteiger partial charge in [-0.2, -0.15) is 11.3 Å². The van der Waals surface area contributed by atoms with Crippen LogP contribution in [0.15, 0.2) is 29.0 Å². The van der Waals surface area contributed by atoms with Crippen LogP contribution in [0.25, 0.3) is 22.3 Å². The average molecular weight is 295 g/mol. The van der Waals surface area contributed by atoms with E-state index in [4.69, 9.17) is 23.2 Å². The normalized spacial score (nSPS) is 11.1. The van der Waals surface area contributed by atoms with Crippen LogP contribution < -0.4 is 0 Å². The molecular formula is C13H8Cl2N2S. The van der Waals surface area contributed by atoms with E-state index in [-0.39, 0.29) is 0 Å². The van der Waals surface area contributed by atoms with Crippen molar-refractivity contribution in [2.24, 2.45) is 0 Å². The van der Waals surface area contributed by atoms with Crippen molar-refractivity contribution < 1.29 is 0 Å². The van der Waals surface area contributed by atoms with E-state index >= 15 is 0 Å². The lowest BCUT2D eigenvalue weighted by Crippen LogP contribution is -1.92. The Morgan fingerprint density at radius 2 is 2.00 bits per heavy atom. The molecule has 3 aromatic rings. The topological polar surface area (TPSA) is 25.8 Å². The van der Waals surface area contributed by atoms with Crippen molar-refractivity contribution in [3.63, 3.8) is 0 Å². The molecule has 2 heterocycles. The van der Waals surface area contributed by atoms with Gasteiger partial charge in [0.1, 0.15) is 5.15 Å². The molecule has 0 amide bonds. The van der Waals surface area contributed by atoms with Gasteiger partial charge in [-0.15, -0.1) is 0 Å². The molecule has 0 aliphatic heterocycles. The highest BCUT2D eigenvalue weighted by atomic mass is 35.5. The summed E-state index contributed by atoms with van der Waals surface area (Å²) in [6.45, 7) is 1.97. The Morgan fingerprint density at radius 1 is 1.17 bits per heavy atom. The first-order valence-electron chi connectivity index (χ1n) is 5.31. The molecule has 0 bridgehead atoms. The zero-order valence-corrected chi connectivity index (χ0v) is 11.8. The van der Waals surface area contributed by atoms with Gasteiger partial charge in [-0.1, -0.05) is 23.2 Å². The van der Waals surface area contributed by atoms with Gasteiger partial charge in [-0.25, -0.2) is 9.97 Å². The fraction of sp³-hybridized carbons (Fsp3) is 0.0769. The number of nitrogens with zero attached hydrogens (tertiary/aromatic N) is 2. The predicted octanol–water partition coefficient (Wildman–Crippen LogP) is 4.97. The number of aromatic nitrogens is 2. The Morgan fingerprint density at radius 3 is 2.72 bits per heavy atom. The van der Waals surface area contributed by atoms with Crippen molar-refractivity contribution in [3.8, 4) is 11.4 Å². The highest BCUT2D eigenvalue weighted by Crippen LogP contribution is 2.30. The van der Waals surface area contributed by atoms with Crippen molar-refractivity contribution in [1.82, 2.24) is 9.97 Å². The lowest BCUT2D eigenvalue weighted by molar-refractivity contribution is 1.23. The van der Waals surface area contributed by atoms with Gasteiger partial charge in [0.15, 0.2) is 5.82 Å². The molecule has 0 spiro atoms. The first kappa shape index (κ1) is 11.9. The summed E-state index contributed by atoms with van der Waals surface area (Å²) in [5, 5.41) is 5.80. The van der Waals surface area contributed by atoms with Crippen molar-refractivity contribution in [3.05, 3.63) is 44.7 Å². The third-order valence-electron chi connectivity index (χ3n) is 2.63. The number of benzene rings is 1. The average Bonchev–Trinajstić information content (AvgIpc) is 2.83. The number of halogens is 2. The van der Waals surface area contributed by atoms with Crippen LogP contribution >= 0.6 is 34.5 Å². The molecule has 0 radical (unpaired) electrons. The minimum absolute atomic E-state index is 0.437. The number of hydrogen-bond donors (Lipinski definition) is 0. The van der Waals surface area contributed by atoms with E-state index in [1.54, 1.807) is 11.3 Å². The molecule has 0 saturated carbocycles. The standard InChI is InChI=1S/C13H8Cl2N2S/c1-7-4-9-11(10(14)5-7)16-13(17-12(9)15)8-2-3-18-6-8/h2-6H,1H3. The molecular weight excluding hydrogens is 287 g/mol. The number of aryl methyl sites for hydroxylation is 1. The van der Waals surface area contributed by atoms with Gasteiger partial charge in [0.2, 0.25) is 0 Å². The number of hydrogen-bond acceptors (Lipinski definition) is 3. The summed E-state index contributed by atoms with van der Waals surface area (Å²) in [5.74, 6) is 0.611. The molecule has 90 valence electrons. The molecule has 2 nitrogen and oxygen atoms in total. The second kappa shape index (κ2) is 4.50. The molecule has 0 saturated heterocycles. The minimum atomic E-state index is 0.437. The number of rotatable bonds is 1. The largest absolute Gasteiger partial charge is 0.226 e. The van der Waals surface area contributed by atoms with Gasteiger partial charge in [0, 0.05) is 16.3 Å². The predicted molar refractivity (Wildman–Crippen MR) is 77.6 cm³/mol. The van der Waals surface area contributed by atoms with Crippen LogP contribution in [0, 0.1) is 6.92 Å². The molecule has 18 heavy (non-hydrogen) atoms. The van der Waals surface area contributed by atoms with Gasteiger partial charge in [0.05, 0.1) is 10.5 Å². The van der Waals surface area contributed by atoms with Crippen molar-refractivity contribution in [2.45, 2.75) is 6.92 Å². The Kier molecular flexibility index (Phi) is 2.98. The molecule has 0 aliphatic carbocycles. The number of fused-ring (bicyclic) bond motifs is 1. The van der Waals surface area contributed by atoms with Crippen LogP contribution in [0.4, 0.5) is 0 Å². The van der Waals surface area contributed by atoms with Crippen LogP contribution in [0.1, 0.15) is 5.56 Å². The quantitative estimate of drug-likeness (QED) is 0.592. The van der Waals surface area contributed by atoms with E-state index in [0.717, 1.165) is 16.5 Å². The third kappa shape index (κ3) is 1.99. The maximum atomic E-state index is 6.22. The van der Waals surface area contributed by atoms with E-state index in [0.29, 0.717) is 21.5 Å². The van der Waals surface area contributed by atoms with Gasteiger partial charge >= 0.3 is 0 Å². The molecule has 3 rings (SSSR count). The monoisotopic (exact) mass is 294 g/mol. The van der Waals surface area contributed by atoms with Gasteiger partial charge < -0.3 is 0 Å². The minimum Gasteiger partial charge on any atom is -0.226 e. The summed E-state index contributed by atoms with van der Waals surface area (Å²) in [6, 6.07) is 5.79. The van der Waals surface area contributed by atoms with Crippen LogP contribution in [-0.4, -0.2) is 9.97 Å². The molecule has 2 aromatic heterocycles. The zero-order chi connectivity index (χ0) is 12.7. The zero-order valence-electron chi connectivity index (χ0n) is 9.45.